The zero-order valence-electron chi connectivity index (χ0n) is 18.6. The predicted molar refractivity (Wildman–Crippen MR) is 112 cm³/mol. The molecule has 3 rings (SSSR count). The third-order valence-corrected chi connectivity index (χ3v) is 5.51. The van der Waals surface area contributed by atoms with Gasteiger partial charge in [0.05, 0.1) is 34.5 Å². The van der Waals surface area contributed by atoms with Crippen LogP contribution < -0.4 is 29.6 Å². The first kappa shape index (κ1) is 25.0. The summed E-state index contributed by atoms with van der Waals surface area (Å²) in [6.45, 7) is 0. The molecule has 3 unspecified atom stereocenters. The van der Waals surface area contributed by atoms with Crippen LogP contribution in [0.25, 0.3) is 0 Å². The van der Waals surface area contributed by atoms with Gasteiger partial charge < -0.3 is 34.7 Å². The first-order valence-corrected chi connectivity index (χ1v) is 9.86. The Morgan fingerprint density at radius 1 is 0.971 bits per heavy atom. The number of carbonyl (C=O) groups excluding carboxylic acids is 2. The maximum Gasteiger partial charge on any atom is 0.437 e. The molecule has 2 aromatic carbocycles. The van der Waals surface area contributed by atoms with Crippen LogP contribution in [0.1, 0.15) is 22.0 Å². The number of nitrogens with one attached hydrogen (secondary N) is 2. The van der Waals surface area contributed by atoms with Crippen molar-refractivity contribution in [1.82, 2.24) is 10.6 Å². The Kier molecular flexibility index (Phi) is 6.82. The number of urea groups is 1. The lowest BCUT2D eigenvalue weighted by Crippen LogP contribution is -2.72. The standard InChI is InChI=1S/C22H23F3N2O7/c1-31-13-7-5-11(6-8-13)18(28)16-17(26-20(29)27-21(16,30)22(23,24)25)12-9-14(32-2)19(34-4)15(10-12)33-3/h5-10,16-17,30H,1-4H3,(H2,26,27,29). The zero-order valence-corrected chi connectivity index (χ0v) is 18.6. The molecule has 0 bridgehead atoms. The van der Waals surface area contributed by atoms with Crippen LogP contribution in [0.5, 0.6) is 23.0 Å². The van der Waals surface area contributed by atoms with Gasteiger partial charge in [-0.2, -0.15) is 13.2 Å². The SMILES string of the molecule is COc1ccc(C(=O)C2C(c3cc(OC)c(OC)c(OC)c3)NC(=O)NC2(O)C(F)(F)F)cc1. The average Bonchev–Trinajstić information content (AvgIpc) is 2.81. The lowest BCUT2D eigenvalue weighted by molar-refractivity contribution is -0.287. The number of carbonyl (C=O) groups is 2. The van der Waals surface area contributed by atoms with Gasteiger partial charge in [-0.1, -0.05) is 0 Å². The van der Waals surface area contributed by atoms with E-state index in [1.807, 2.05) is 0 Å². The second-order valence-electron chi connectivity index (χ2n) is 7.37. The van der Waals surface area contributed by atoms with Crippen molar-refractivity contribution in [1.29, 1.82) is 0 Å². The molecule has 184 valence electrons. The van der Waals surface area contributed by atoms with E-state index in [4.69, 9.17) is 18.9 Å². The molecular weight excluding hydrogens is 461 g/mol. The van der Waals surface area contributed by atoms with Crippen LogP contribution in [0.3, 0.4) is 0 Å². The number of rotatable bonds is 7. The highest BCUT2D eigenvalue weighted by Gasteiger charge is 2.66. The van der Waals surface area contributed by atoms with Crippen LogP contribution in [0.4, 0.5) is 18.0 Å². The molecule has 0 aromatic heterocycles. The van der Waals surface area contributed by atoms with E-state index < -0.39 is 35.7 Å². The molecule has 2 amide bonds. The summed E-state index contributed by atoms with van der Waals surface area (Å²) in [5, 5.41) is 14.5. The van der Waals surface area contributed by atoms with E-state index in [0.717, 1.165) is 0 Å². The summed E-state index contributed by atoms with van der Waals surface area (Å²) < 4.78 is 63.1. The molecule has 0 aliphatic carbocycles. The summed E-state index contributed by atoms with van der Waals surface area (Å²) in [4.78, 5) is 25.6. The van der Waals surface area contributed by atoms with E-state index in [1.54, 1.807) is 0 Å². The number of methoxy groups -OCH3 is 4. The number of aliphatic hydroxyl groups is 1. The topological polar surface area (TPSA) is 115 Å². The van der Waals surface area contributed by atoms with Gasteiger partial charge in [-0.05, 0) is 42.0 Å². The lowest BCUT2D eigenvalue weighted by atomic mass is 9.77. The Labute approximate surface area is 192 Å². The monoisotopic (exact) mass is 484 g/mol. The van der Waals surface area contributed by atoms with Crippen LogP contribution in [-0.2, 0) is 0 Å². The average molecular weight is 484 g/mol. The molecule has 0 spiro atoms. The minimum absolute atomic E-state index is 0.0129. The van der Waals surface area contributed by atoms with Gasteiger partial charge >= 0.3 is 12.2 Å². The highest BCUT2D eigenvalue weighted by Crippen LogP contribution is 2.47. The predicted octanol–water partition coefficient (Wildman–Crippen LogP) is 2.82. The first-order valence-electron chi connectivity index (χ1n) is 9.86. The Hall–Kier alpha value is -3.67. The maximum atomic E-state index is 14.1. The van der Waals surface area contributed by atoms with Crippen LogP contribution in [0, 0.1) is 5.92 Å². The van der Waals surface area contributed by atoms with Crippen molar-refractivity contribution in [3.05, 3.63) is 47.5 Å². The van der Waals surface area contributed by atoms with Crippen LogP contribution in [0.2, 0.25) is 0 Å². The zero-order chi connectivity index (χ0) is 25.3. The van der Waals surface area contributed by atoms with E-state index in [-0.39, 0.29) is 28.4 Å². The fourth-order valence-electron chi connectivity index (χ4n) is 3.83. The number of benzene rings is 2. The number of ether oxygens (including phenoxy) is 4. The largest absolute Gasteiger partial charge is 0.497 e. The first-order chi connectivity index (χ1) is 16.0. The highest BCUT2D eigenvalue weighted by molar-refractivity contribution is 6.00. The van der Waals surface area contributed by atoms with Gasteiger partial charge in [0.2, 0.25) is 11.5 Å². The summed E-state index contributed by atoms with van der Waals surface area (Å²) in [6, 6.07) is 4.96. The normalized spacial score (nSPS) is 22.3. The Balaban J connectivity index is 2.22. The van der Waals surface area contributed by atoms with Gasteiger partial charge in [0.15, 0.2) is 17.3 Å². The fraction of sp³-hybridized carbons (Fsp3) is 0.364. The van der Waals surface area contributed by atoms with Gasteiger partial charge in [0.25, 0.3) is 0 Å². The molecule has 1 fully saturated rings. The van der Waals surface area contributed by atoms with Crippen molar-refractivity contribution in [2.45, 2.75) is 17.9 Å². The van der Waals surface area contributed by atoms with Gasteiger partial charge in [-0.15, -0.1) is 0 Å². The van der Waals surface area contributed by atoms with E-state index >= 15 is 0 Å². The molecule has 34 heavy (non-hydrogen) atoms. The number of Topliss-reactive ketones (excluding diaryl/α,β-unsaturated/α-hetero) is 1. The molecule has 0 radical (unpaired) electrons. The minimum atomic E-state index is -5.39. The molecule has 9 nitrogen and oxygen atoms in total. The molecule has 1 aliphatic heterocycles. The maximum absolute atomic E-state index is 14.1. The number of hydrogen-bond acceptors (Lipinski definition) is 7. The summed E-state index contributed by atoms with van der Waals surface area (Å²) in [6.07, 6.45) is -5.39. The van der Waals surface area contributed by atoms with Crippen molar-refractivity contribution in [3.63, 3.8) is 0 Å². The number of amides is 2. The molecule has 3 N–H and O–H groups in total. The molecule has 2 aromatic rings. The number of alkyl halides is 3. The summed E-state index contributed by atoms with van der Waals surface area (Å²) in [5.74, 6) is -2.61. The Morgan fingerprint density at radius 2 is 1.53 bits per heavy atom. The smallest absolute Gasteiger partial charge is 0.437 e. The third-order valence-electron chi connectivity index (χ3n) is 5.51. The van der Waals surface area contributed by atoms with Crippen molar-refractivity contribution in [2.75, 3.05) is 28.4 Å². The Bertz CT molecular complexity index is 1050. The molecule has 1 heterocycles. The van der Waals surface area contributed by atoms with Gasteiger partial charge in [-0.3, -0.25) is 4.79 Å². The van der Waals surface area contributed by atoms with Crippen LogP contribution in [0.15, 0.2) is 36.4 Å². The third kappa shape index (κ3) is 4.28. The van der Waals surface area contributed by atoms with Crippen molar-refractivity contribution in [3.8, 4) is 23.0 Å². The minimum Gasteiger partial charge on any atom is -0.497 e. The lowest BCUT2D eigenvalue weighted by Gasteiger charge is -2.45. The van der Waals surface area contributed by atoms with E-state index in [2.05, 4.69) is 5.32 Å². The van der Waals surface area contributed by atoms with Crippen LogP contribution >= 0.6 is 0 Å². The number of halogens is 3. The fourth-order valence-corrected chi connectivity index (χ4v) is 3.83. The molecule has 0 saturated carbocycles. The van der Waals surface area contributed by atoms with E-state index in [9.17, 15) is 27.9 Å². The van der Waals surface area contributed by atoms with Crippen LogP contribution in [-0.4, -0.2) is 57.3 Å². The number of ketones is 1. The molecule has 3 atom stereocenters. The molecule has 1 saturated heterocycles. The molecule has 12 heteroatoms. The van der Waals surface area contributed by atoms with Crippen molar-refractivity contribution in [2.24, 2.45) is 5.92 Å². The quantitative estimate of drug-likeness (QED) is 0.518. The number of hydrogen-bond donors (Lipinski definition) is 3. The summed E-state index contributed by atoms with van der Waals surface area (Å²) in [7, 11) is 5.33. The van der Waals surface area contributed by atoms with E-state index in [1.165, 1.54) is 70.2 Å². The van der Waals surface area contributed by atoms with E-state index in [0.29, 0.717) is 5.75 Å². The molecule has 1 aliphatic rings. The van der Waals surface area contributed by atoms with Gasteiger partial charge in [-0.25, -0.2) is 4.79 Å². The Morgan fingerprint density at radius 3 is 1.97 bits per heavy atom. The van der Waals surface area contributed by atoms with Crippen molar-refractivity contribution >= 4 is 11.8 Å². The second-order valence-corrected chi connectivity index (χ2v) is 7.37. The van der Waals surface area contributed by atoms with Crippen molar-refractivity contribution < 1.29 is 46.8 Å². The summed E-state index contributed by atoms with van der Waals surface area (Å²) in [5.41, 5.74) is -4.00. The second kappa shape index (κ2) is 9.29. The molecular formula is C22H23F3N2O7. The highest BCUT2D eigenvalue weighted by atomic mass is 19.4. The summed E-state index contributed by atoms with van der Waals surface area (Å²) >= 11 is 0. The van der Waals surface area contributed by atoms with Gasteiger partial charge in [0, 0.05) is 5.56 Å². The van der Waals surface area contributed by atoms with Gasteiger partial charge in [0.1, 0.15) is 11.7 Å².